The van der Waals surface area contributed by atoms with Crippen molar-refractivity contribution < 1.29 is 19.1 Å². The molecule has 3 rings (SSSR count). The lowest BCUT2D eigenvalue weighted by molar-refractivity contribution is 0.0514. The number of hydrogen-bond acceptors (Lipinski definition) is 7. The quantitative estimate of drug-likeness (QED) is 0.302. The topological polar surface area (TPSA) is 85.1 Å². The van der Waals surface area contributed by atoms with Gasteiger partial charge >= 0.3 is 11.9 Å². The Hall–Kier alpha value is -4.00. The number of hydrogen-bond donors (Lipinski definition) is 1. The van der Waals surface area contributed by atoms with Gasteiger partial charge in [-0.25, -0.2) is 9.59 Å². The van der Waals surface area contributed by atoms with Gasteiger partial charge in [0.15, 0.2) is 0 Å². The number of nitrogens with zero attached hydrogens (tertiary/aromatic N) is 2. The first-order chi connectivity index (χ1) is 17.0. The van der Waals surface area contributed by atoms with Crippen LogP contribution in [0, 0.1) is 0 Å². The van der Waals surface area contributed by atoms with E-state index in [2.05, 4.69) is 9.80 Å². The van der Waals surface area contributed by atoms with E-state index in [1.165, 1.54) is 18.2 Å². The van der Waals surface area contributed by atoms with Gasteiger partial charge < -0.3 is 25.0 Å². The van der Waals surface area contributed by atoms with Crippen LogP contribution >= 0.6 is 0 Å². The van der Waals surface area contributed by atoms with E-state index in [0.29, 0.717) is 18.8 Å². The first-order valence-electron chi connectivity index (χ1n) is 11.9. The maximum atomic E-state index is 12.6. The summed E-state index contributed by atoms with van der Waals surface area (Å²) in [7, 11) is 0. The van der Waals surface area contributed by atoms with Crippen molar-refractivity contribution >= 4 is 29.0 Å². The van der Waals surface area contributed by atoms with Crippen molar-refractivity contribution in [3.63, 3.8) is 0 Å². The molecule has 0 radical (unpaired) electrons. The Morgan fingerprint density at radius 2 is 1.09 bits per heavy atom. The molecule has 0 aliphatic heterocycles. The molecule has 0 amide bonds. The highest BCUT2D eigenvalue weighted by molar-refractivity contribution is 5.96. The molecule has 0 saturated heterocycles. The zero-order chi connectivity index (χ0) is 25.0. The summed E-state index contributed by atoms with van der Waals surface area (Å²) in [5, 5.41) is 0. The van der Waals surface area contributed by atoms with Crippen LogP contribution in [0.3, 0.4) is 0 Å². The van der Waals surface area contributed by atoms with Crippen molar-refractivity contribution in [2.45, 2.75) is 13.8 Å². The molecular formula is C28H33N3O4. The average molecular weight is 476 g/mol. The largest absolute Gasteiger partial charge is 0.460 e. The van der Waals surface area contributed by atoms with Gasteiger partial charge in [-0.3, -0.25) is 0 Å². The van der Waals surface area contributed by atoms with Gasteiger partial charge in [0, 0.05) is 30.2 Å². The van der Waals surface area contributed by atoms with E-state index in [1.807, 2.05) is 74.5 Å². The van der Waals surface area contributed by atoms with Crippen LogP contribution in [0.4, 0.5) is 17.1 Å². The van der Waals surface area contributed by atoms with E-state index in [9.17, 15) is 9.59 Å². The monoisotopic (exact) mass is 475 g/mol. The molecule has 0 bridgehead atoms. The second-order valence-corrected chi connectivity index (χ2v) is 7.95. The minimum Gasteiger partial charge on any atom is -0.460 e. The van der Waals surface area contributed by atoms with Crippen LogP contribution in [0.5, 0.6) is 0 Å². The van der Waals surface area contributed by atoms with Crippen LogP contribution in [0.1, 0.15) is 34.6 Å². The Morgan fingerprint density at radius 3 is 1.46 bits per heavy atom. The van der Waals surface area contributed by atoms with Crippen LogP contribution in [-0.4, -0.2) is 51.3 Å². The first-order valence-corrected chi connectivity index (χ1v) is 11.9. The van der Waals surface area contributed by atoms with Crippen LogP contribution in [0.15, 0.2) is 78.9 Å². The van der Waals surface area contributed by atoms with E-state index >= 15 is 0 Å². The summed E-state index contributed by atoms with van der Waals surface area (Å²) >= 11 is 0. The summed E-state index contributed by atoms with van der Waals surface area (Å²) in [4.78, 5) is 29.5. The molecule has 0 fully saturated rings. The molecule has 0 aliphatic carbocycles. The van der Waals surface area contributed by atoms with Crippen LogP contribution in [0.25, 0.3) is 0 Å². The summed E-state index contributed by atoms with van der Waals surface area (Å²) in [6.07, 6.45) is 0. The highest BCUT2D eigenvalue weighted by Gasteiger charge is 2.16. The van der Waals surface area contributed by atoms with Gasteiger partial charge in [-0.2, -0.15) is 0 Å². The first kappa shape index (κ1) is 25.6. The number of anilines is 3. The van der Waals surface area contributed by atoms with Crippen molar-refractivity contribution in [1.82, 2.24) is 0 Å². The normalized spacial score (nSPS) is 10.5. The number of likely N-dealkylation sites (N-methyl/N-ethyl adjacent to an activating group) is 2. The van der Waals surface area contributed by atoms with Crippen LogP contribution < -0.4 is 15.5 Å². The zero-order valence-electron chi connectivity index (χ0n) is 20.4. The Bertz CT molecular complexity index is 1010. The maximum absolute atomic E-state index is 12.6. The third-order valence-electron chi connectivity index (χ3n) is 5.62. The third kappa shape index (κ3) is 7.50. The molecule has 2 N–H and O–H groups in total. The van der Waals surface area contributed by atoms with Gasteiger partial charge in [-0.05, 0) is 56.3 Å². The van der Waals surface area contributed by atoms with E-state index in [-0.39, 0.29) is 24.3 Å². The van der Waals surface area contributed by atoms with Gasteiger partial charge in [0.25, 0.3) is 0 Å². The molecule has 0 spiro atoms. The Labute approximate surface area is 207 Å². The fourth-order valence-electron chi connectivity index (χ4n) is 3.77. The SMILES string of the molecule is CCN(CCOC(=O)c1cc(N)cc(C(=O)OCCN(CC)c2ccccc2)c1)c1ccccc1. The lowest BCUT2D eigenvalue weighted by atomic mass is 10.1. The molecule has 0 unspecified atom stereocenters. The molecule has 184 valence electrons. The van der Waals surface area contributed by atoms with Gasteiger partial charge in [0.05, 0.1) is 24.2 Å². The number of carbonyl (C=O) groups excluding carboxylic acids is 2. The summed E-state index contributed by atoms with van der Waals surface area (Å²) in [6.45, 7) is 7.20. The number of rotatable bonds is 12. The number of para-hydroxylation sites is 2. The smallest absolute Gasteiger partial charge is 0.338 e. The second-order valence-electron chi connectivity index (χ2n) is 7.95. The molecule has 0 atom stereocenters. The van der Waals surface area contributed by atoms with Crippen LogP contribution in [0.2, 0.25) is 0 Å². The molecule has 35 heavy (non-hydrogen) atoms. The van der Waals surface area contributed by atoms with Crippen molar-refractivity contribution in [2.75, 3.05) is 54.9 Å². The Kier molecular flexibility index (Phi) is 9.54. The summed E-state index contributed by atoms with van der Waals surface area (Å²) in [6, 6.07) is 24.3. The molecule has 0 aromatic heterocycles. The van der Waals surface area contributed by atoms with E-state index in [4.69, 9.17) is 15.2 Å². The molecule has 7 heteroatoms. The minimum absolute atomic E-state index is 0.211. The molecule has 3 aromatic carbocycles. The fourth-order valence-corrected chi connectivity index (χ4v) is 3.77. The number of carbonyl (C=O) groups is 2. The summed E-state index contributed by atoms with van der Waals surface area (Å²) < 4.78 is 10.9. The summed E-state index contributed by atoms with van der Waals surface area (Å²) in [5.74, 6) is -1.06. The Balaban J connectivity index is 1.54. The fraction of sp³-hybridized carbons (Fsp3) is 0.286. The number of ether oxygens (including phenoxy) is 2. The van der Waals surface area contributed by atoms with E-state index in [0.717, 1.165) is 24.5 Å². The van der Waals surface area contributed by atoms with Gasteiger partial charge in [-0.1, -0.05) is 36.4 Å². The van der Waals surface area contributed by atoms with Crippen LogP contribution in [-0.2, 0) is 9.47 Å². The zero-order valence-corrected chi connectivity index (χ0v) is 20.4. The minimum atomic E-state index is -0.531. The van der Waals surface area contributed by atoms with Gasteiger partial charge in [-0.15, -0.1) is 0 Å². The second kappa shape index (κ2) is 13.0. The lowest BCUT2D eigenvalue weighted by Gasteiger charge is -2.23. The van der Waals surface area contributed by atoms with Crippen molar-refractivity contribution in [3.8, 4) is 0 Å². The molecule has 3 aromatic rings. The predicted octanol–water partition coefficient (Wildman–Crippen LogP) is 4.64. The third-order valence-corrected chi connectivity index (χ3v) is 5.62. The number of nitrogens with two attached hydrogens (primary N) is 1. The summed E-state index contributed by atoms with van der Waals surface area (Å²) in [5.41, 5.74) is 8.82. The lowest BCUT2D eigenvalue weighted by Crippen LogP contribution is -2.28. The molecular weight excluding hydrogens is 442 g/mol. The predicted molar refractivity (Wildman–Crippen MR) is 140 cm³/mol. The molecule has 0 saturated carbocycles. The standard InChI is InChI=1S/C28H33N3O4/c1-3-30(25-11-7-5-8-12-25)15-17-34-27(32)22-19-23(21-24(29)20-22)28(33)35-18-16-31(4-2)26-13-9-6-10-14-26/h5-14,19-21H,3-4,15-18,29H2,1-2H3. The Morgan fingerprint density at radius 1 is 0.686 bits per heavy atom. The van der Waals surface area contributed by atoms with E-state index < -0.39 is 11.9 Å². The van der Waals surface area contributed by atoms with Gasteiger partial charge in [0.2, 0.25) is 0 Å². The molecule has 7 nitrogen and oxygen atoms in total. The van der Waals surface area contributed by atoms with E-state index in [1.54, 1.807) is 0 Å². The number of esters is 2. The molecule has 0 heterocycles. The number of nitrogen functional groups attached to an aromatic ring is 1. The van der Waals surface area contributed by atoms with Crippen molar-refractivity contribution in [1.29, 1.82) is 0 Å². The maximum Gasteiger partial charge on any atom is 0.338 e. The van der Waals surface area contributed by atoms with Gasteiger partial charge in [0.1, 0.15) is 13.2 Å². The number of benzene rings is 3. The molecule has 0 aliphatic rings. The highest BCUT2D eigenvalue weighted by atomic mass is 16.5. The highest BCUT2D eigenvalue weighted by Crippen LogP contribution is 2.16. The van der Waals surface area contributed by atoms with Crippen molar-refractivity contribution in [3.05, 3.63) is 90.0 Å². The average Bonchev–Trinajstić information content (AvgIpc) is 2.89. The van der Waals surface area contributed by atoms with Crippen molar-refractivity contribution in [2.24, 2.45) is 0 Å².